The highest BCUT2D eigenvalue weighted by molar-refractivity contribution is 7.58. The van der Waals surface area contributed by atoms with Crippen molar-refractivity contribution in [2.75, 3.05) is 25.6 Å². The molecule has 2 fully saturated rings. The molecule has 1 atom stereocenters. The Hall–Kier alpha value is -2.37. The SMILES string of the molecule is CCC(CC)COC(=O)C(N[P]1(O)OCC2(CO1)CC2=Cn1cnc2c(=O)[nH]c(N)nc21)C(C)C. The van der Waals surface area contributed by atoms with Crippen LogP contribution in [0.3, 0.4) is 0 Å². The van der Waals surface area contributed by atoms with Crippen molar-refractivity contribution in [1.29, 1.82) is 0 Å². The van der Waals surface area contributed by atoms with Crippen LogP contribution in [-0.2, 0) is 18.6 Å². The predicted molar refractivity (Wildman–Crippen MR) is 132 cm³/mol. The van der Waals surface area contributed by atoms with Gasteiger partial charge in [0.05, 0.1) is 19.8 Å². The van der Waals surface area contributed by atoms with Crippen LogP contribution in [0, 0.1) is 17.3 Å². The molecule has 13 heteroatoms. The Bertz CT molecular complexity index is 1160. The van der Waals surface area contributed by atoms with Gasteiger partial charge in [0.2, 0.25) is 5.95 Å². The zero-order chi connectivity index (χ0) is 25.4. The van der Waals surface area contributed by atoms with Crippen molar-refractivity contribution < 1.29 is 23.5 Å². The summed E-state index contributed by atoms with van der Waals surface area (Å²) in [5.41, 5.74) is 6.43. The first-order valence-electron chi connectivity index (χ1n) is 11.9. The van der Waals surface area contributed by atoms with Gasteiger partial charge in [0.25, 0.3) is 5.56 Å². The number of carbonyl (C=O) groups is 1. The van der Waals surface area contributed by atoms with E-state index in [9.17, 15) is 14.5 Å². The van der Waals surface area contributed by atoms with Crippen molar-refractivity contribution in [2.45, 2.75) is 53.0 Å². The van der Waals surface area contributed by atoms with Crippen LogP contribution in [0.5, 0.6) is 0 Å². The van der Waals surface area contributed by atoms with Gasteiger partial charge >= 0.3 is 14.1 Å². The largest absolute Gasteiger partial charge is 0.464 e. The Morgan fingerprint density at radius 2 is 2.09 bits per heavy atom. The molecule has 2 aliphatic rings. The molecule has 1 saturated carbocycles. The standard InChI is InChI=1S/C22H34N6O6P/c1-5-14(6-2)9-32-20(30)16(13(3)4)27-35(31)33-10-22(11-34-35)7-15(22)8-28-12-24-17-18(28)25-21(23)26-19(17)29/h8,12-14,16,27,31H,5-7,9-11H2,1-4H3,(H3,23,25,26,29). The summed E-state index contributed by atoms with van der Waals surface area (Å²) < 4.78 is 18.7. The predicted octanol–water partition coefficient (Wildman–Crippen LogP) is 2.24. The van der Waals surface area contributed by atoms with Gasteiger partial charge in [-0.25, -0.2) is 10.1 Å². The number of carbonyl (C=O) groups excluding carboxylic acids is 1. The third-order valence-corrected chi connectivity index (χ3v) is 8.26. The van der Waals surface area contributed by atoms with Crippen LogP contribution in [0.1, 0.15) is 47.0 Å². The second kappa shape index (κ2) is 9.94. The number of H-pyrrole nitrogens is 1. The molecule has 3 heterocycles. The van der Waals surface area contributed by atoms with E-state index in [-0.39, 0.29) is 36.0 Å². The topological polar surface area (TPSA) is 167 Å². The van der Waals surface area contributed by atoms with Gasteiger partial charge in [-0.05, 0) is 23.8 Å². The zero-order valence-electron chi connectivity index (χ0n) is 20.5. The number of imidazole rings is 1. The fourth-order valence-corrected chi connectivity index (χ4v) is 5.86. The number of esters is 1. The van der Waals surface area contributed by atoms with Gasteiger partial charge < -0.3 is 24.4 Å². The highest BCUT2D eigenvalue weighted by atomic mass is 31.2. The van der Waals surface area contributed by atoms with E-state index in [1.165, 1.54) is 6.33 Å². The second-order valence-electron chi connectivity index (χ2n) is 9.62. The summed E-state index contributed by atoms with van der Waals surface area (Å²) in [6.45, 7) is 8.68. The maximum absolute atomic E-state index is 12.7. The number of nitrogen functional groups attached to an aromatic ring is 1. The van der Waals surface area contributed by atoms with Crippen LogP contribution in [-0.4, -0.2) is 56.2 Å². The monoisotopic (exact) mass is 509 g/mol. The van der Waals surface area contributed by atoms with Gasteiger partial charge in [-0.3, -0.25) is 19.1 Å². The summed E-state index contributed by atoms with van der Waals surface area (Å²) in [6.07, 6.45) is 5.88. The Kier molecular flexibility index (Phi) is 7.31. The van der Waals surface area contributed by atoms with E-state index in [0.717, 1.165) is 18.4 Å². The normalized spacial score (nSPS) is 26.2. The van der Waals surface area contributed by atoms with Crippen molar-refractivity contribution in [1.82, 2.24) is 24.6 Å². The van der Waals surface area contributed by atoms with Crippen molar-refractivity contribution in [3.05, 3.63) is 22.3 Å². The summed E-state index contributed by atoms with van der Waals surface area (Å²) in [5.74, 6) is -0.236. The quantitative estimate of drug-likeness (QED) is 0.291. The molecule has 1 unspecified atom stereocenters. The Morgan fingerprint density at radius 3 is 2.71 bits per heavy atom. The molecule has 5 N–H and O–H groups in total. The molecule has 1 radical (unpaired) electrons. The zero-order valence-corrected chi connectivity index (χ0v) is 21.4. The molecule has 0 aromatic carbocycles. The third kappa shape index (κ3) is 5.41. The number of nitrogens with zero attached hydrogens (tertiary/aromatic N) is 3. The molecule has 4 rings (SSSR count). The summed E-state index contributed by atoms with van der Waals surface area (Å²) in [6, 6.07) is -0.752. The number of fused-ring (bicyclic) bond motifs is 1. The van der Waals surface area contributed by atoms with E-state index in [1.54, 1.807) is 4.57 Å². The molecule has 12 nitrogen and oxygen atoms in total. The average Bonchev–Trinajstić information content (AvgIpc) is 3.33. The summed E-state index contributed by atoms with van der Waals surface area (Å²) in [5, 5.41) is 2.90. The number of nitrogens with two attached hydrogens (primary N) is 1. The molecular weight excluding hydrogens is 475 g/mol. The fourth-order valence-electron chi connectivity index (χ4n) is 4.04. The van der Waals surface area contributed by atoms with Crippen LogP contribution in [0.2, 0.25) is 0 Å². The van der Waals surface area contributed by atoms with Gasteiger partial charge in [-0.15, -0.1) is 0 Å². The first kappa shape index (κ1) is 25.7. The van der Waals surface area contributed by atoms with E-state index < -0.39 is 25.7 Å². The lowest BCUT2D eigenvalue weighted by Gasteiger charge is -2.39. The first-order chi connectivity index (χ1) is 16.6. The molecular formula is C22H34N6O6P. The highest BCUT2D eigenvalue weighted by Crippen LogP contribution is 2.65. The molecule has 193 valence electrons. The molecule has 35 heavy (non-hydrogen) atoms. The molecule has 1 aliphatic heterocycles. The van der Waals surface area contributed by atoms with E-state index in [1.807, 2.05) is 20.0 Å². The van der Waals surface area contributed by atoms with E-state index in [0.29, 0.717) is 24.6 Å². The average molecular weight is 510 g/mol. The van der Waals surface area contributed by atoms with Crippen molar-refractivity contribution in [3.63, 3.8) is 0 Å². The number of nitrogens with one attached hydrogen (secondary N) is 2. The Morgan fingerprint density at radius 1 is 1.40 bits per heavy atom. The minimum Gasteiger partial charge on any atom is -0.464 e. The van der Waals surface area contributed by atoms with Gasteiger partial charge in [0.15, 0.2) is 11.2 Å². The fraction of sp³-hybridized carbons (Fsp3) is 0.636. The summed E-state index contributed by atoms with van der Waals surface area (Å²) >= 11 is 0. The Labute approximate surface area is 203 Å². The van der Waals surface area contributed by atoms with Crippen LogP contribution in [0.25, 0.3) is 17.4 Å². The molecule has 0 bridgehead atoms. The summed E-state index contributed by atoms with van der Waals surface area (Å²) in [4.78, 5) is 46.4. The second-order valence-corrected chi connectivity index (χ2v) is 11.4. The number of hydrogen-bond donors (Lipinski definition) is 4. The first-order valence-corrected chi connectivity index (χ1v) is 13.5. The highest BCUT2D eigenvalue weighted by Gasteiger charge is 2.56. The lowest BCUT2D eigenvalue weighted by molar-refractivity contribution is -0.148. The number of aromatic nitrogens is 4. The molecule has 2 aromatic heterocycles. The Balaban J connectivity index is 1.40. The minimum atomic E-state index is -3.45. The molecule has 1 aliphatic carbocycles. The maximum atomic E-state index is 12.7. The number of hydrogen-bond acceptors (Lipinski definition) is 10. The third-order valence-electron chi connectivity index (χ3n) is 6.70. The van der Waals surface area contributed by atoms with Crippen LogP contribution in [0.4, 0.5) is 5.95 Å². The molecule has 1 spiro atoms. The van der Waals surface area contributed by atoms with E-state index in [2.05, 4.69) is 33.9 Å². The maximum Gasteiger partial charge on any atom is 0.323 e. The molecule has 2 aromatic rings. The van der Waals surface area contributed by atoms with Gasteiger partial charge in [0.1, 0.15) is 12.4 Å². The number of rotatable bonds is 9. The van der Waals surface area contributed by atoms with Crippen LogP contribution >= 0.6 is 8.09 Å². The van der Waals surface area contributed by atoms with E-state index >= 15 is 0 Å². The molecule has 0 amide bonds. The number of ether oxygens (including phenoxy) is 1. The summed E-state index contributed by atoms with van der Waals surface area (Å²) in [7, 11) is -3.45. The van der Waals surface area contributed by atoms with Crippen molar-refractivity contribution in [3.8, 4) is 0 Å². The smallest absolute Gasteiger partial charge is 0.323 e. The minimum absolute atomic E-state index is 0.0107. The lowest BCUT2D eigenvalue weighted by atomic mass is 10.0. The van der Waals surface area contributed by atoms with Crippen molar-refractivity contribution >= 4 is 37.4 Å². The van der Waals surface area contributed by atoms with Gasteiger partial charge in [-0.2, -0.15) is 4.98 Å². The lowest BCUT2D eigenvalue weighted by Crippen LogP contribution is -2.45. The number of aromatic amines is 1. The number of anilines is 1. The van der Waals surface area contributed by atoms with Crippen molar-refractivity contribution in [2.24, 2.45) is 17.3 Å². The van der Waals surface area contributed by atoms with Gasteiger partial charge in [-0.1, -0.05) is 40.5 Å². The van der Waals surface area contributed by atoms with E-state index in [4.69, 9.17) is 19.5 Å². The molecule has 1 saturated heterocycles. The van der Waals surface area contributed by atoms with Crippen LogP contribution in [0.15, 0.2) is 16.7 Å². The van der Waals surface area contributed by atoms with Crippen LogP contribution < -0.4 is 16.4 Å². The van der Waals surface area contributed by atoms with Gasteiger partial charge in [0, 0.05) is 11.6 Å².